The Balaban J connectivity index is 1.44. The molecule has 1 heterocycles. The van der Waals surface area contributed by atoms with Crippen LogP contribution < -0.4 is 10.6 Å². The Morgan fingerprint density at radius 3 is 2.41 bits per heavy atom. The number of aromatic nitrogens is 1. The number of ether oxygens (including phenoxy) is 1. The van der Waals surface area contributed by atoms with Crippen molar-refractivity contribution in [2.75, 3.05) is 13.2 Å². The van der Waals surface area contributed by atoms with E-state index in [0.717, 1.165) is 11.6 Å². The van der Waals surface area contributed by atoms with E-state index in [4.69, 9.17) is 4.74 Å². The average Bonchev–Trinajstić information content (AvgIpc) is 3.15. The van der Waals surface area contributed by atoms with E-state index in [9.17, 15) is 27.9 Å². The number of amides is 2. The minimum Gasteiger partial charge on any atom is -0.444 e. The molecule has 1 fully saturated rings. The lowest BCUT2D eigenvalue weighted by Gasteiger charge is -2.36. The fraction of sp³-hybridized carbons (Fsp3) is 0.407. The standard InChI is InChI=1S/C27H30F3N3O4/c1-27(2,3)37-26(36)32-21(13-34)25(35)31-12-14-8-16(9-14)22-19-10-18(29)11-20(30)24(19)33-23(22)15-4-6-17(28)7-5-15/h4-7,10-11,14,16,21,33-34H,8-9,12-13H2,1-3H3,(H,31,35)(H,32,36)/t14-,16-,21-/m0/s1. The molecular weight excluding hydrogens is 487 g/mol. The summed E-state index contributed by atoms with van der Waals surface area (Å²) in [6.45, 7) is 4.77. The van der Waals surface area contributed by atoms with Gasteiger partial charge in [0.05, 0.1) is 17.8 Å². The molecule has 2 amide bonds. The van der Waals surface area contributed by atoms with Crippen LogP contribution in [0.25, 0.3) is 22.2 Å². The molecule has 0 aliphatic heterocycles. The first-order valence-electron chi connectivity index (χ1n) is 12.1. The van der Waals surface area contributed by atoms with Gasteiger partial charge in [-0.05, 0) is 86.9 Å². The van der Waals surface area contributed by atoms with Crippen molar-refractivity contribution < 1.29 is 32.6 Å². The second-order valence-electron chi connectivity index (χ2n) is 10.4. The number of halogens is 3. The highest BCUT2D eigenvalue weighted by molar-refractivity contribution is 5.92. The van der Waals surface area contributed by atoms with Crippen molar-refractivity contribution in [2.24, 2.45) is 5.92 Å². The number of benzene rings is 2. The number of H-pyrrole nitrogens is 1. The second-order valence-corrected chi connectivity index (χ2v) is 10.4. The summed E-state index contributed by atoms with van der Waals surface area (Å²) < 4.78 is 47.2. The summed E-state index contributed by atoms with van der Waals surface area (Å²) in [5.74, 6) is -2.29. The molecule has 4 rings (SSSR count). The highest BCUT2D eigenvalue weighted by atomic mass is 19.1. The van der Waals surface area contributed by atoms with Gasteiger partial charge in [0.15, 0.2) is 0 Å². The van der Waals surface area contributed by atoms with E-state index in [0.29, 0.717) is 36.0 Å². The third kappa shape index (κ3) is 6.07. The van der Waals surface area contributed by atoms with Gasteiger partial charge in [-0.1, -0.05) is 0 Å². The summed E-state index contributed by atoms with van der Waals surface area (Å²) in [6, 6.07) is 6.74. The molecule has 0 bridgehead atoms. The van der Waals surface area contributed by atoms with Crippen LogP contribution in [0.1, 0.15) is 45.1 Å². The van der Waals surface area contributed by atoms with E-state index in [1.54, 1.807) is 32.9 Å². The zero-order chi connectivity index (χ0) is 26.9. The van der Waals surface area contributed by atoms with Crippen molar-refractivity contribution >= 4 is 22.9 Å². The smallest absolute Gasteiger partial charge is 0.408 e. The molecule has 1 aliphatic carbocycles. The zero-order valence-corrected chi connectivity index (χ0v) is 20.8. The number of fused-ring (bicyclic) bond motifs is 1. The van der Waals surface area contributed by atoms with Gasteiger partial charge in [-0.15, -0.1) is 0 Å². The molecular formula is C27H30F3N3O4. The van der Waals surface area contributed by atoms with Crippen LogP contribution in [0.4, 0.5) is 18.0 Å². The summed E-state index contributed by atoms with van der Waals surface area (Å²) in [6.07, 6.45) is 0.476. The molecule has 0 saturated heterocycles. The highest BCUT2D eigenvalue weighted by Gasteiger charge is 2.35. The number of aliphatic hydroxyl groups excluding tert-OH is 1. The maximum atomic E-state index is 14.5. The maximum absolute atomic E-state index is 14.5. The van der Waals surface area contributed by atoms with Crippen molar-refractivity contribution in [1.82, 2.24) is 15.6 Å². The Labute approximate surface area is 212 Å². The predicted molar refractivity (Wildman–Crippen MR) is 132 cm³/mol. The van der Waals surface area contributed by atoms with Crippen molar-refractivity contribution in [1.29, 1.82) is 0 Å². The summed E-state index contributed by atoms with van der Waals surface area (Å²) in [5, 5.41) is 15.1. The second kappa shape index (κ2) is 10.5. The normalized spacial score (nSPS) is 18.2. The number of alkyl carbamates (subject to hydrolysis) is 1. The molecule has 0 spiro atoms. The number of aromatic amines is 1. The molecule has 3 aromatic rings. The number of rotatable bonds is 7. The largest absolute Gasteiger partial charge is 0.444 e. The van der Waals surface area contributed by atoms with E-state index >= 15 is 0 Å². The van der Waals surface area contributed by atoms with Gasteiger partial charge < -0.3 is 25.5 Å². The first-order valence-corrected chi connectivity index (χ1v) is 12.1. The van der Waals surface area contributed by atoms with Crippen LogP contribution in [0.15, 0.2) is 36.4 Å². The molecule has 10 heteroatoms. The van der Waals surface area contributed by atoms with Gasteiger partial charge in [0, 0.05) is 18.0 Å². The Bertz CT molecular complexity index is 1290. The van der Waals surface area contributed by atoms with Crippen LogP contribution in [-0.2, 0) is 9.53 Å². The van der Waals surface area contributed by atoms with Crippen molar-refractivity contribution in [2.45, 2.75) is 51.2 Å². The first-order chi connectivity index (χ1) is 17.4. The topological polar surface area (TPSA) is 103 Å². The Hall–Kier alpha value is -3.53. The van der Waals surface area contributed by atoms with Crippen LogP contribution >= 0.6 is 0 Å². The number of nitrogens with one attached hydrogen (secondary N) is 3. The van der Waals surface area contributed by atoms with Gasteiger partial charge in [0.2, 0.25) is 5.91 Å². The molecule has 198 valence electrons. The lowest BCUT2D eigenvalue weighted by atomic mass is 9.70. The van der Waals surface area contributed by atoms with Gasteiger partial charge in [0.1, 0.15) is 29.1 Å². The molecule has 37 heavy (non-hydrogen) atoms. The van der Waals surface area contributed by atoms with Crippen molar-refractivity contribution in [3.63, 3.8) is 0 Å². The average molecular weight is 518 g/mol. The van der Waals surface area contributed by atoms with Gasteiger partial charge in [0.25, 0.3) is 0 Å². The molecule has 1 aromatic heterocycles. The minimum absolute atomic E-state index is 0.0366. The summed E-state index contributed by atoms with van der Waals surface area (Å²) >= 11 is 0. The molecule has 4 N–H and O–H groups in total. The van der Waals surface area contributed by atoms with Crippen LogP contribution in [0.3, 0.4) is 0 Å². The molecule has 0 radical (unpaired) electrons. The SMILES string of the molecule is CC(C)(C)OC(=O)N[C@@H](CO)C(=O)NC[C@H]1C[C@H](c2c(-c3ccc(F)cc3)[nH]c3c(F)cc(F)cc32)C1. The predicted octanol–water partition coefficient (Wildman–Crippen LogP) is 4.75. The number of aliphatic hydroxyl groups is 1. The van der Waals surface area contributed by atoms with Crippen molar-refractivity contribution in [3.8, 4) is 11.3 Å². The van der Waals surface area contributed by atoms with Crippen LogP contribution in [0.2, 0.25) is 0 Å². The van der Waals surface area contributed by atoms with Crippen LogP contribution in [0, 0.1) is 23.4 Å². The first kappa shape index (κ1) is 26.5. The van der Waals surface area contributed by atoms with E-state index in [1.165, 1.54) is 18.2 Å². The van der Waals surface area contributed by atoms with E-state index in [-0.39, 0.29) is 17.4 Å². The van der Waals surface area contributed by atoms with Crippen LogP contribution in [0.5, 0.6) is 0 Å². The minimum atomic E-state index is -1.16. The Kier molecular flexibility index (Phi) is 7.49. The summed E-state index contributed by atoms with van der Waals surface area (Å²) in [7, 11) is 0. The monoisotopic (exact) mass is 517 g/mol. The lowest BCUT2D eigenvalue weighted by molar-refractivity contribution is -0.124. The number of hydrogen-bond donors (Lipinski definition) is 4. The molecule has 1 aliphatic rings. The van der Waals surface area contributed by atoms with E-state index in [1.807, 2.05) is 0 Å². The highest BCUT2D eigenvalue weighted by Crippen LogP contribution is 2.48. The van der Waals surface area contributed by atoms with Crippen LogP contribution in [-0.4, -0.2) is 46.9 Å². The fourth-order valence-electron chi connectivity index (χ4n) is 4.66. The number of carbonyl (C=O) groups excluding carboxylic acids is 2. The fourth-order valence-corrected chi connectivity index (χ4v) is 4.66. The van der Waals surface area contributed by atoms with E-state index < -0.39 is 47.7 Å². The van der Waals surface area contributed by atoms with Gasteiger partial charge >= 0.3 is 6.09 Å². The third-order valence-corrected chi connectivity index (χ3v) is 6.40. The molecule has 0 unspecified atom stereocenters. The van der Waals surface area contributed by atoms with Gasteiger partial charge in [-0.2, -0.15) is 0 Å². The van der Waals surface area contributed by atoms with Crippen molar-refractivity contribution in [3.05, 3.63) is 59.4 Å². The molecule has 7 nitrogen and oxygen atoms in total. The van der Waals surface area contributed by atoms with E-state index in [2.05, 4.69) is 15.6 Å². The Morgan fingerprint density at radius 1 is 1.11 bits per heavy atom. The molecule has 1 atom stereocenters. The molecule has 1 saturated carbocycles. The third-order valence-electron chi connectivity index (χ3n) is 6.40. The zero-order valence-electron chi connectivity index (χ0n) is 20.8. The summed E-state index contributed by atoms with van der Waals surface area (Å²) in [4.78, 5) is 27.5. The van der Waals surface area contributed by atoms with Gasteiger partial charge in [-0.25, -0.2) is 18.0 Å². The molecule has 2 aromatic carbocycles. The van der Waals surface area contributed by atoms with Gasteiger partial charge in [-0.3, -0.25) is 4.79 Å². The number of carbonyl (C=O) groups is 2. The number of hydrogen-bond acceptors (Lipinski definition) is 4. The lowest BCUT2D eigenvalue weighted by Crippen LogP contribution is -2.51. The Morgan fingerprint density at radius 2 is 1.78 bits per heavy atom. The maximum Gasteiger partial charge on any atom is 0.408 e. The quantitative estimate of drug-likeness (QED) is 0.363. The summed E-state index contributed by atoms with van der Waals surface area (Å²) in [5.41, 5.74) is 1.45.